The van der Waals surface area contributed by atoms with Gasteiger partial charge in [0.05, 0.1) is 6.54 Å². The maximum absolute atomic E-state index is 5.13. The Morgan fingerprint density at radius 3 is 2.87 bits per heavy atom. The van der Waals surface area contributed by atoms with E-state index in [0.29, 0.717) is 24.5 Å². The monoisotopic (exact) mass is 203 g/mol. The second-order valence-corrected chi connectivity index (χ2v) is 3.46. The van der Waals surface area contributed by atoms with Crippen molar-refractivity contribution in [3.63, 3.8) is 0 Å². The number of hydrogen-bond donors (Lipinski definition) is 2. The summed E-state index contributed by atoms with van der Waals surface area (Å²) in [6.07, 6.45) is 10.3. The molecule has 0 saturated heterocycles. The van der Waals surface area contributed by atoms with Gasteiger partial charge in [-0.1, -0.05) is 5.92 Å². The standard InChI is InChI=1S/C10H13N5/c1-2-6-11-9-12-7-13-10(15-9)14-8-4-3-5-8/h1,7-8H,3-6H2,(H2,11,12,13,14,15). The highest BCUT2D eigenvalue weighted by atomic mass is 15.2. The minimum atomic E-state index is 0.423. The van der Waals surface area contributed by atoms with Crippen LogP contribution in [-0.2, 0) is 0 Å². The highest BCUT2D eigenvalue weighted by Gasteiger charge is 2.17. The second kappa shape index (κ2) is 4.60. The van der Waals surface area contributed by atoms with Crippen LogP contribution < -0.4 is 10.6 Å². The van der Waals surface area contributed by atoms with Crippen molar-refractivity contribution in [1.29, 1.82) is 0 Å². The summed E-state index contributed by atoms with van der Waals surface area (Å²) in [6.45, 7) is 0.423. The van der Waals surface area contributed by atoms with Crippen LogP contribution in [0, 0.1) is 12.3 Å². The van der Waals surface area contributed by atoms with E-state index in [0.717, 1.165) is 0 Å². The van der Waals surface area contributed by atoms with Crippen molar-refractivity contribution in [2.75, 3.05) is 17.2 Å². The summed E-state index contributed by atoms with van der Waals surface area (Å²) in [5.74, 6) is 3.60. The third kappa shape index (κ3) is 2.56. The number of anilines is 2. The third-order valence-electron chi connectivity index (χ3n) is 2.36. The molecule has 2 rings (SSSR count). The molecule has 2 N–H and O–H groups in total. The zero-order chi connectivity index (χ0) is 10.5. The van der Waals surface area contributed by atoms with Crippen molar-refractivity contribution >= 4 is 11.9 Å². The van der Waals surface area contributed by atoms with Gasteiger partial charge in [0.25, 0.3) is 0 Å². The predicted octanol–water partition coefficient (Wildman–Crippen LogP) is 0.881. The third-order valence-corrected chi connectivity index (χ3v) is 2.36. The first-order valence-corrected chi connectivity index (χ1v) is 5.01. The van der Waals surface area contributed by atoms with E-state index in [4.69, 9.17) is 6.42 Å². The largest absolute Gasteiger partial charge is 0.351 e. The fourth-order valence-corrected chi connectivity index (χ4v) is 1.32. The average Bonchev–Trinajstić information content (AvgIpc) is 2.21. The van der Waals surface area contributed by atoms with E-state index in [1.165, 1.54) is 25.6 Å². The lowest BCUT2D eigenvalue weighted by molar-refractivity contribution is 0.443. The Hall–Kier alpha value is -1.83. The summed E-state index contributed by atoms with van der Waals surface area (Å²) >= 11 is 0. The number of nitrogens with zero attached hydrogens (tertiary/aromatic N) is 3. The minimum absolute atomic E-state index is 0.423. The van der Waals surface area contributed by atoms with Gasteiger partial charge in [0, 0.05) is 6.04 Å². The van der Waals surface area contributed by atoms with Crippen LogP contribution in [0.15, 0.2) is 6.33 Å². The lowest BCUT2D eigenvalue weighted by atomic mass is 9.93. The molecular formula is C10H13N5. The van der Waals surface area contributed by atoms with Crippen LogP contribution >= 0.6 is 0 Å². The minimum Gasteiger partial charge on any atom is -0.351 e. The molecule has 5 heteroatoms. The van der Waals surface area contributed by atoms with E-state index < -0.39 is 0 Å². The molecule has 1 saturated carbocycles. The van der Waals surface area contributed by atoms with Gasteiger partial charge in [-0.05, 0) is 19.3 Å². The van der Waals surface area contributed by atoms with Crippen molar-refractivity contribution in [3.05, 3.63) is 6.33 Å². The molecular weight excluding hydrogens is 190 g/mol. The van der Waals surface area contributed by atoms with Gasteiger partial charge < -0.3 is 10.6 Å². The van der Waals surface area contributed by atoms with Crippen LogP contribution in [0.1, 0.15) is 19.3 Å². The molecule has 5 nitrogen and oxygen atoms in total. The molecule has 1 heterocycles. The maximum atomic E-state index is 5.13. The van der Waals surface area contributed by atoms with Gasteiger partial charge in [0.2, 0.25) is 11.9 Å². The summed E-state index contributed by atoms with van der Waals surface area (Å²) in [5, 5.41) is 6.15. The Balaban J connectivity index is 1.95. The fraction of sp³-hybridized carbons (Fsp3) is 0.500. The molecule has 1 aromatic heterocycles. The van der Waals surface area contributed by atoms with Gasteiger partial charge in [-0.3, -0.25) is 0 Å². The van der Waals surface area contributed by atoms with Crippen molar-refractivity contribution in [2.45, 2.75) is 25.3 Å². The van der Waals surface area contributed by atoms with Crippen molar-refractivity contribution < 1.29 is 0 Å². The first kappa shape index (κ1) is 9.71. The zero-order valence-electron chi connectivity index (χ0n) is 8.40. The molecule has 0 bridgehead atoms. The maximum Gasteiger partial charge on any atom is 0.228 e. The van der Waals surface area contributed by atoms with Crippen LogP contribution in [-0.4, -0.2) is 27.5 Å². The number of rotatable bonds is 4. The first-order valence-electron chi connectivity index (χ1n) is 5.01. The topological polar surface area (TPSA) is 62.7 Å². The number of terminal acetylenes is 1. The van der Waals surface area contributed by atoms with E-state index in [1.807, 2.05) is 0 Å². The number of hydrogen-bond acceptors (Lipinski definition) is 5. The van der Waals surface area contributed by atoms with Gasteiger partial charge in [-0.2, -0.15) is 4.98 Å². The molecule has 0 radical (unpaired) electrons. The normalized spacial score (nSPS) is 15.1. The smallest absolute Gasteiger partial charge is 0.228 e. The zero-order valence-corrected chi connectivity index (χ0v) is 8.40. The molecule has 0 amide bonds. The summed E-state index contributed by atoms with van der Waals surface area (Å²) in [7, 11) is 0. The molecule has 1 aliphatic carbocycles. The Kier molecular flexibility index (Phi) is 2.98. The van der Waals surface area contributed by atoms with Crippen LogP contribution in [0.25, 0.3) is 0 Å². The van der Waals surface area contributed by atoms with Crippen molar-refractivity contribution in [3.8, 4) is 12.3 Å². The second-order valence-electron chi connectivity index (χ2n) is 3.46. The van der Waals surface area contributed by atoms with Gasteiger partial charge in [0.1, 0.15) is 6.33 Å². The quantitative estimate of drug-likeness (QED) is 0.711. The Bertz CT molecular complexity index is 366. The number of nitrogens with one attached hydrogen (secondary N) is 2. The molecule has 0 unspecified atom stereocenters. The van der Waals surface area contributed by atoms with Gasteiger partial charge in [0.15, 0.2) is 0 Å². The summed E-state index contributed by atoms with van der Waals surface area (Å²) in [4.78, 5) is 12.2. The van der Waals surface area contributed by atoms with Crippen molar-refractivity contribution in [2.24, 2.45) is 0 Å². The Morgan fingerprint density at radius 1 is 1.40 bits per heavy atom. The molecule has 1 aliphatic rings. The molecule has 0 aromatic carbocycles. The Labute approximate surface area is 88.7 Å². The average molecular weight is 203 g/mol. The molecule has 1 aromatic rings. The molecule has 0 spiro atoms. The number of aromatic nitrogens is 3. The molecule has 15 heavy (non-hydrogen) atoms. The molecule has 0 aliphatic heterocycles. The predicted molar refractivity (Wildman–Crippen MR) is 58.4 cm³/mol. The van der Waals surface area contributed by atoms with Crippen LogP contribution in [0.5, 0.6) is 0 Å². The summed E-state index contributed by atoms with van der Waals surface area (Å²) in [6, 6.07) is 0.521. The molecule has 78 valence electrons. The van der Waals surface area contributed by atoms with E-state index in [9.17, 15) is 0 Å². The van der Waals surface area contributed by atoms with Crippen molar-refractivity contribution in [1.82, 2.24) is 15.0 Å². The van der Waals surface area contributed by atoms with Gasteiger partial charge >= 0.3 is 0 Å². The van der Waals surface area contributed by atoms with Gasteiger partial charge in [-0.15, -0.1) is 6.42 Å². The van der Waals surface area contributed by atoms with E-state index >= 15 is 0 Å². The highest BCUT2D eigenvalue weighted by molar-refractivity contribution is 5.34. The van der Waals surface area contributed by atoms with E-state index in [1.54, 1.807) is 0 Å². The fourth-order valence-electron chi connectivity index (χ4n) is 1.32. The Morgan fingerprint density at radius 2 is 2.20 bits per heavy atom. The lowest BCUT2D eigenvalue weighted by Crippen LogP contribution is -2.28. The van der Waals surface area contributed by atoms with Crippen LogP contribution in [0.2, 0.25) is 0 Å². The lowest BCUT2D eigenvalue weighted by Gasteiger charge is -2.26. The van der Waals surface area contributed by atoms with E-state index in [-0.39, 0.29) is 0 Å². The van der Waals surface area contributed by atoms with Crippen LogP contribution in [0.4, 0.5) is 11.9 Å². The SMILES string of the molecule is C#CCNc1ncnc(NC2CCC2)n1. The summed E-state index contributed by atoms with van der Waals surface area (Å²) < 4.78 is 0. The first-order chi connectivity index (χ1) is 7.38. The highest BCUT2D eigenvalue weighted by Crippen LogP contribution is 2.21. The molecule has 0 atom stereocenters. The molecule has 1 fully saturated rings. The van der Waals surface area contributed by atoms with Crippen LogP contribution in [0.3, 0.4) is 0 Å². The summed E-state index contributed by atoms with van der Waals surface area (Å²) in [5.41, 5.74) is 0. The van der Waals surface area contributed by atoms with Gasteiger partial charge in [-0.25, -0.2) is 9.97 Å². The van der Waals surface area contributed by atoms with E-state index in [2.05, 4.69) is 31.5 Å².